The van der Waals surface area contributed by atoms with Gasteiger partial charge in [0.25, 0.3) is 5.56 Å². The zero-order valence-electron chi connectivity index (χ0n) is 22.5. The highest BCUT2D eigenvalue weighted by molar-refractivity contribution is 5.96. The number of methoxy groups -OCH3 is 1. The third-order valence-electron chi connectivity index (χ3n) is 7.56. The summed E-state index contributed by atoms with van der Waals surface area (Å²) < 4.78 is 34.6. The molecule has 0 unspecified atom stereocenters. The number of aliphatic imine (C=N–C) groups is 1. The van der Waals surface area contributed by atoms with E-state index in [4.69, 9.17) is 9.73 Å². The maximum Gasteiger partial charge on any atom is 0.261 e. The SMILES string of the molecule is COc1ccc(CCn2cnc3cc(N/C(=N\C4CCC(F)CC4)N4CCN[C@@H](C)C4)ccc3c2=O)c(F)c1. The Hall–Kier alpha value is -3.53. The molecule has 2 fully saturated rings. The van der Waals surface area contributed by atoms with Crippen LogP contribution in [0.2, 0.25) is 0 Å². The fourth-order valence-electron chi connectivity index (χ4n) is 5.28. The molecule has 0 amide bonds. The number of hydrogen-bond acceptors (Lipinski definition) is 5. The van der Waals surface area contributed by atoms with E-state index in [2.05, 4.69) is 27.4 Å². The Morgan fingerprint density at radius 1 is 1.21 bits per heavy atom. The molecule has 10 heteroatoms. The molecule has 5 rings (SSSR count). The lowest BCUT2D eigenvalue weighted by Crippen LogP contribution is -2.53. The summed E-state index contributed by atoms with van der Waals surface area (Å²) in [6.07, 6.45) is 3.74. The van der Waals surface area contributed by atoms with Gasteiger partial charge in [0.05, 0.1) is 30.4 Å². The molecule has 1 aliphatic heterocycles. The molecular formula is C29H36F2N6O2. The zero-order chi connectivity index (χ0) is 27.4. The fourth-order valence-corrected chi connectivity index (χ4v) is 5.28. The first kappa shape index (κ1) is 27.1. The molecule has 208 valence electrons. The van der Waals surface area contributed by atoms with Gasteiger partial charge in [0.1, 0.15) is 17.7 Å². The number of nitrogens with one attached hydrogen (secondary N) is 2. The first-order valence-corrected chi connectivity index (χ1v) is 13.7. The maximum atomic E-state index is 14.3. The molecule has 1 aromatic heterocycles. The molecule has 2 aromatic carbocycles. The number of fused-ring (bicyclic) bond motifs is 1. The van der Waals surface area contributed by atoms with Crippen LogP contribution in [0.1, 0.15) is 38.2 Å². The van der Waals surface area contributed by atoms with Crippen molar-refractivity contribution in [2.24, 2.45) is 4.99 Å². The highest BCUT2D eigenvalue weighted by atomic mass is 19.1. The summed E-state index contributed by atoms with van der Waals surface area (Å²) in [5.74, 6) is 0.873. The summed E-state index contributed by atoms with van der Waals surface area (Å²) >= 11 is 0. The van der Waals surface area contributed by atoms with Gasteiger partial charge in [-0.3, -0.25) is 9.36 Å². The van der Waals surface area contributed by atoms with Crippen molar-refractivity contribution in [1.82, 2.24) is 19.8 Å². The van der Waals surface area contributed by atoms with Crippen LogP contribution >= 0.6 is 0 Å². The molecule has 0 spiro atoms. The Morgan fingerprint density at radius 2 is 2.03 bits per heavy atom. The van der Waals surface area contributed by atoms with Gasteiger partial charge < -0.3 is 20.3 Å². The van der Waals surface area contributed by atoms with Crippen molar-refractivity contribution in [3.63, 3.8) is 0 Å². The van der Waals surface area contributed by atoms with Crippen molar-refractivity contribution in [2.45, 2.75) is 63.8 Å². The zero-order valence-corrected chi connectivity index (χ0v) is 22.5. The van der Waals surface area contributed by atoms with Gasteiger partial charge in [0.2, 0.25) is 0 Å². The summed E-state index contributed by atoms with van der Waals surface area (Å²) in [6.45, 7) is 4.95. The molecule has 2 aliphatic rings. The van der Waals surface area contributed by atoms with Crippen molar-refractivity contribution < 1.29 is 13.5 Å². The predicted molar refractivity (Wildman–Crippen MR) is 150 cm³/mol. The lowest BCUT2D eigenvalue weighted by Gasteiger charge is -2.35. The van der Waals surface area contributed by atoms with Crippen LogP contribution in [-0.2, 0) is 13.0 Å². The van der Waals surface area contributed by atoms with E-state index in [9.17, 15) is 13.6 Å². The molecule has 0 bridgehead atoms. The largest absolute Gasteiger partial charge is 0.497 e. The Labute approximate surface area is 227 Å². The molecule has 3 aromatic rings. The van der Waals surface area contributed by atoms with Crippen LogP contribution in [-0.4, -0.2) is 65.4 Å². The molecule has 2 N–H and O–H groups in total. The van der Waals surface area contributed by atoms with Crippen LogP contribution in [0, 0.1) is 5.82 Å². The lowest BCUT2D eigenvalue weighted by atomic mass is 9.94. The molecule has 0 radical (unpaired) electrons. The molecule has 1 atom stereocenters. The first-order valence-electron chi connectivity index (χ1n) is 13.7. The Balaban J connectivity index is 1.34. The Morgan fingerprint density at radius 3 is 2.77 bits per heavy atom. The van der Waals surface area contributed by atoms with E-state index in [0.29, 0.717) is 54.1 Å². The van der Waals surface area contributed by atoms with E-state index < -0.39 is 6.17 Å². The summed E-state index contributed by atoms with van der Waals surface area (Å²) in [6, 6.07) is 10.6. The van der Waals surface area contributed by atoms with Crippen molar-refractivity contribution in [1.29, 1.82) is 0 Å². The van der Waals surface area contributed by atoms with Gasteiger partial charge in [-0.05, 0) is 68.9 Å². The number of alkyl halides is 1. The van der Waals surface area contributed by atoms with Crippen molar-refractivity contribution in [2.75, 3.05) is 32.1 Å². The smallest absolute Gasteiger partial charge is 0.261 e. The summed E-state index contributed by atoms with van der Waals surface area (Å²) in [7, 11) is 1.49. The van der Waals surface area contributed by atoms with Crippen LogP contribution in [0.15, 0.2) is 52.5 Å². The van der Waals surface area contributed by atoms with Gasteiger partial charge in [0, 0.05) is 44.0 Å². The number of anilines is 1. The normalized spacial score (nSPS) is 22.2. The van der Waals surface area contributed by atoms with Crippen LogP contribution in [0.25, 0.3) is 10.9 Å². The molecule has 1 aliphatic carbocycles. The number of guanidine groups is 1. The minimum atomic E-state index is -0.724. The topological polar surface area (TPSA) is 83.8 Å². The molecule has 2 heterocycles. The monoisotopic (exact) mass is 538 g/mol. The number of aryl methyl sites for hydroxylation is 2. The molecule has 39 heavy (non-hydrogen) atoms. The van der Waals surface area contributed by atoms with E-state index in [1.807, 2.05) is 12.1 Å². The minimum absolute atomic E-state index is 0.0889. The molecule has 8 nitrogen and oxygen atoms in total. The number of hydrogen-bond donors (Lipinski definition) is 2. The standard InChI is InChI=1S/C29H36F2N6O2/c1-19-17-36(14-12-32-19)29(34-22-6-4-21(30)5-7-22)35-23-8-10-25-27(15-23)33-18-37(28(25)38)13-11-20-3-9-24(39-2)16-26(20)31/h3,8-10,15-16,18-19,21-22,32H,4-7,11-14,17H2,1-2H3,(H,34,35)/t19-,21?,22?/m0/s1. The number of halogens is 2. The van der Waals surface area contributed by atoms with Gasteiger partial charge >= 0.3 is 0 Å². The lowest BCUT2D eigenvalue weighted by molar-refractivity contribution is 0.235. The van der Waals surface area contributed by atoms with Crippen molar-refractivity contribution in [3.8, 4) is 5.75 Å². The van der Waals surface area contributed by atoms with E-state index in [1.54, 1.807) is 18.2 Å². The van der Waals surface area contributed by atoms with Crippen molar-refractivity contribution >= 4 is 22.5 Å². The second kappa shape index (κ2) is 12.1. The third-order valence-corrected chi connectivity index (χ3v) is 7.56. The Bertz CT molecular complexity index is 1390. The number of benzene rings is 2. The maximum absolute atomic E-state index is 14.3. The van der Waals surface area contributed by atoms with Gasteiger partial charge in [-0.15, -0.1) is 0 Å². The van der Waals surface area contributed by atoms with E-state index in [0.717, 1.165) is 44.1 Å². The predicted octanol–water partition coefficient (Wildman–Crippen LogP) is 4.13. The molecule has 1 saturated carbocycles. The van der Waals surface area contributed by atoms with Crippen LogP contribution in [0.5, 0.6) is 5.75 Å². The average Bonchev–Trinajstić information content (AvgIpc) is 2.94. The van der Waals surface area contributed by atoms with Gasteiger partial charge in [-0.2, -0.15) is 0 Å². The third kappa shape index (κ3) is 6.55. The minimum Gasteiger partial charge on any atom is -0.497 e. The quantitative estimate of drug-likeness (QED) is 0.363. The van der Waals surface area contributed by atoms with Crippen molar-refractivity contribution in [3.05, 3.63) is 64.5 Å². The average molecular weight is 539 g/mol. The van der Waals surface area contributed by atoms with Gasteiger partial charge in [-0.1, -0.05) is 6.07 Å². The summed E-state index contributed by atoms with van der Waals surface area (Å²) in [5.41, 5.74) is 1.70. The number of ether oxygens (including phenoxy) is 1. The van der Waals surface area contributed by atoms with Gasteiger partial charge in [-0.25, -0.2) is 18.8 Å². The van der Waals surface area contributed by atoms with Gasteiger partial charge in [0.15, 0.2) is 5.96 Å². The van der Waals surface area contributed by atoms with E-state index in [-0.39, 0.29) is 17.4 Å². The van der Waals surface area contributed by atoms with Crippen LogP contribution in [0.4, 0.5) is 14.5 Å². The highest BCUT2D eigenvalue weighted by Gasteiger charge is 2.24. The van der Waals surface area contributed by atoms with Crippen LogP contribution in [0.3, 0.4) is 0 Å². The number of piperazine rings is 1. The first-order chi connectivity index (χ1) is 18.9. The number of nitrogens with zero attached hydrogens (tertiary/aromatic N) is 4. The second-order valence-electron chi connectivity index (χ2n) is 10.5. The summed E-state index contributed by atoms with van der Waals surface area (Å²) in [5, 5.41) is 7.42. The number of aromatic nitrogens is 2. The van der Waals surface area contributed by atoms with E-state index >= 15 is 0 Å². The fraction of sp³-hybridized carbons (Fsp3) is 0.483. The Kier molecular flexibility index (Phi) is 8.40. The summed E-state index contributed by atoms with van der Waals surface area (Å²) in [4.78, 5) is 24.9. The number of rotatable bonds is 6. The van der Waals surface area contributed by atoms with Crippen LogP contribution < -0.4 is 20.9 Å². The van der Waals surface area contributed by atoms with E-state index in [1.165, 1.54) is 24.1 Å². The second-order valence-corrected chi connectivity index (χ2v) is 10.5. The molecule has 1 saturated heterocycles. The highest BCUT2D eigenvalue weighted by Crippen LogP contribution is 2.24. The molecular weight excluding hydrogens is 502 g/mol.